The molecule has 0 atom stereocenters. The highest BCUT2D eigenvalue weighted by Gasteiger charge is 2.14. The Morgan fingerprint density at radius 1 is 1.17 bits per heavy atom. The minimum atomic E-state index is 0.127. The van der Waals surface area contributed by atoms with Crippen LogP contribution in [0, 0.1) is 0 Å². The quantitative estimate of drug-likeness (QED) is 0.732. The van der Waals surface area contributed by atoms with E-state index in [0.717, 1.165) is 17.7 Å². The van der Waals surface area contributed by atoms with E-state index in [1.807, 2.05) is 18.2 Å². The third kappa shape index (κ3) is 1.88. The second-order valence-corrected chi connectivity index (χ2v) is 4.96. The molecule has 2 heterocycles. The monoisotopic (exact) mass is 239 g/mol. The summed E-state index contributed by atoms with van der Waals surface area (Å²) in [5, 5.41) is 0. The SMILES string of the molecule is CC(=O)c1cccc(-c2ccc3n2CCCC3)c1. The van der Waals surface area contributed by atoms with Crippen molar-refractivity contribution >= 4 is 5.78 Å². The van der Waals surface area contributed by atoms with Crippen LogP contribution in [0.4, 0.5) is 0 Å². The molecule has 0 aliphatic carbocycles. The predicted octanol–water partition coefficient (Wildman–Crippen LogP) is 3.69. The zero-order chi connectivity index (χ0) is 12.5. The maximum atomic E-state index is 11.4. The maximum absolute atomic E-state index is 11.4. The molecule has 2 aromatic rings. The van der Waals surface area contributed by atoms with Crippen LogP contribution < -0.4 is 0 Å². The molecular weight excluding hydrogens is 222 g/mol. The van der Waals surface area contributed by atoms with Crippen LogP contribution in [0.25, 0.3) is 11.3 Å². The van der Waals surface area contributed by atoms with Crippen LogP contribution in [-0.2, 0) is 13.0 Å². The van der Waals surface area contributed by atoms with Gasteiger partial charge in [0.2, 0.25) is 0 Å². The lowest BCUT2D eigenvalue weighted by Gasteiger charge is -2.18. The molecule has 0 fully saturated rings. The number of carbonyl (C=O) groups is 1. The summed E-state index contributed by atoms with van der Waals surface area (Å²) in [5.41, 5.74) is 4.60. The van der Waals surface area contributed by atoms with Crippen molar-refractivity contribution in [3.05, 3.63) is 47.7 Å². The number of ketones is 1. The number of nitrogens with zero attached hydrogens (tertiary/aromatic N) is 1. The molecule has 92 valence electrons. The van der Waals surface area contributed by atoms with Crippen LogP contribution in [-0.4, -0.2) is 10.4 Å². The second-order valence-electron chi connectivity index (χ2n) is 4.96. The molecule has 0 saturated heterocycles. The minimum absolute atomic E-state index is 0.127. The van der Waals surface area contributed by atoms with Gasteiger partial charge < -0.3 is 4.57 Å². The molecule has 18 heavy (non-hydrogen) atoms. The number of hydrogen-bond donors (Lipinski definition) is 0. The molecule has 2 heteroatoms. The predicted molar refractivity (Wildman–Crippen MR) is 72.8 cm³/mol. The highest BCUT2D eigenvalue weighted by atomic mass is 16.1. The standard InChI is InChI=1S/C16H17NO/c1-12(18)13-5-4-6-14(11-13)16-9-8-15-7-2-3-10-17(15)16/h4-6,8-9,11H,2-3,7,10H2,1H3. The zero-order valence-corrected chi connectivity index (χ0v) is 10.6. The van der Waals surface area contributed by atoms with Crippen LogP contribution in [0.1, 0.15) is 35.8 Å². The lowest BCUT2D eigenvalue weighted by molar-refractivity contribution is 0.101. The Kier molecular flexibility index (Phi) is 2.78. The summed E-state index contributed by atoms with van der Waals surface area (Å²) in [6.45, 7) is 2.72. The van der Waals surface area contributed by atoms with Crippen LogP contribution in [0.5, 0.6) is 0 Å². The molecule has 1 aliphatic rings. The molecule has 0 saturated carbocycles. The smallest absolute Gasteiger partial charge is 0.159 e. The first-order valence-corrected chi connectivity index (χ1v) is 6.55. The van der Waals surface area contributed by atoms with Gasteiger partial charge in [0.1, 0.15) is 0 Å². The van der Waals surface area contributed by atoms with Crippen molar-refractivity contribution in [1.29, 1.82) is 0 Å². The van der Waals surface area contributed by atoms with Gasteiger partial charge in [0.05, 0.1) is 0 Å². The van der Waals surface area contributed by atoms with Crippen molar-refractivity contribution in [3.63, 3.8) is 0 Å². The van der Waals surface area contributed by atoms with E-state index in [2.05, 4.69) is 22.8 Å². The van der Waals surface area contributed by atoms with Crippen LogP contribution >= 0.6 is 0 Å². The van der Waals surface area contributed by atoms with Gasteiger partial charge >= 0.3 is 0 Å². The van der Waals surface area contributed by atoms with Gasteiger partial charge in [0.25, 0.3) is 0 Å². The number of Topliss-reactive ketones (excluding diaryl/α,β-unsaturated/α-hetero) is 1. The molecule has 0 unspecified atom stereocenters. The van der Waals surface area contributed by atoms with Gasteiger partial charge in [-0.3, -0.25) is 4.79 Å². The number of fused-ring (bicyclic) bond motifs is 1. The van der Waals surface area contributed by atoms with Gasteiger partial charge in [0, 0.05) is 23.5 Å². The van der Waals surface area contributed by atoms with E-state index in [9.17, 15) is 4.79 Å². The van der Waals surface area contributed by atoms with Crippen LogP contribution in [0.3, 0.4) is 0 Å². The number of hydrogen-bond acceptors (Lipinski definition) is 1. The van der Waals surface area contributed by atoms with Gasteiger partial charge in [-0.15, -0.1) is 0 Å². The number of benzene rings is 1. The Balaban J connectivity index is 2.07. The van der Waals surface area contributed by atoms with Gasteiger partial charge in [-0.1, -0.05) is 18.2 Å². The molecule has 0 bridgehead atoms. The van der Waals surface area contributed by atoms with Crippen molar-refractivity contribution in [2.24, 2.45) is 0 Å². The first-order valence-electron chi connectivity index (χ1n) is 6.55. The van der Waals surface area contributed by atoms with E-state index in [1.54, 1.807) is 6.92 Å². The first kappa shape index (κ1) is 11.3. The van der Waals surface area contributed by atoms with Gasteiger partial charge in [0.15, 0.2) is 5.78 Å². The summed E-state index contributed by atoms with van der Waals surface area (Å²) in [7, 11) is 0. The molecule has 1 aromatic heterocycles. The summed E-state index contributed by atoms with van der Waals surface area (Å²) in [6.07, 6.45) is 3.71. The van der Waals surface area contributed by atoms with Crippen molar-refractivity contribution in [2.75, 3.05) is 0 Å². The highest BCUT2D eigenvalue weighted by Crippen LogP contribution is 2.27. The normalized spacial score (nSPS) is 14.3. The molecule has 0 amide bonds. The molecule has 2 nitrogen and oxygen atoms in total. The Morgan fingerprint density at radius 2 is 2.06 bits per heavy atom. The van der Waals surface area contributed by atoms with Crippen molar-refractivity contribution < 1.29 is 4.79 Å². The first-order chi connectivity index (χ1) is 8.75. The number of rotatable bonds is 2. The molecule has 3 rings (SSSR count). The Bertz CT molecular complexity index is 595. The number of carbonyl (C=O) groups excluding carboxylic acids is 1. The van der Waals surface area contributed by atoms with Gasteiger partial charge in [-0.2, -0.15) is 0 Å². The summed E-state index contributed by atoms with van der Waals surface area (Å²) < 4.78 is 2.39. The Hall–Kier alpha value is -1.83. The third-order valence-electron chi connectivity index (χ3n) is 3.70. The molecule has 0 radical (unpaired) electrons. The highest BCUT2D eigenvalue weighted by molar-refractivity contribution is 5.95. The summed E-state index contributed by atoms with van der Waals surface area (Å²) in [5.74, 6) is 0.127. The third-order valence-corrected chi connectivity index (χ3v) is 3.70. The maximum Gasteiger partial charge on any atom is 0.159 e. The van der Waals surface area contributed by atoms with Gasteiger partial charge in [-0.05, 0) is 49.9 Å². The average molecular weight is 239 g/mol. The van der Waals surface area contributed by atoms with E-state index in [-0.39, 0.29) is 5.78 Å². The topological polar surface area (TPSA) is 22.0 Å². The van der Waals surface area contributed by atoms with E-state index in [4.69, 9.17) is 0 Å². The molecule has 1 aliphatic heterocycles. The molecular formula is C16H17NO. The van der Waals surface area contributed by atoms with E-state index in [0.29, 0.717) is 0 Å². The van der Waals surface area contributed by atoms with Gasteiger partial charge in [-0.25, -0.2) is 0 Å². The largest absolute Gasteiger partial charge is 0.345 e. The lowest BCUT2D eigenvalue weighted by Crippen LogP contribution is -2.10. The summed E-state index contributed by atoms with van der Waals surface area (Å²) >= 11 is 0. The average Bonchev–Trinajstić information content (AvgIpc) is 2.82. The minimum Gasteiger partial charge on any atom is -0.345 e. The number of aromatic nitrogens is 1. The van der Waals surface area contributed by atoms with E-state index < -0.39 is 0 Å². The van der Waals surface area contributed by atoms with Crippen molar-refractivity contribution in [1.82, 2.24) is 4.57 Å². The van der Waals surface area contributed by atoms with Crippen LogP contribution in [0.15, 0.2) is 36.4 Å². The fourth-order valence-electron chi connectivity index (χ4n) is 2.72. The summed E-state index contributed by atoms with van der Waals surface area (Å²) in [4.78, 5) is 11.4. The fourth-order valence-corrected chi connectivity index (χ4v) is 2.72. The lowest BCUT2D eigenvalue weighted by atomic mass is 10.1. The molecule has 0 N–H and O–H groups in total. The van der Waals surface area contributed by atoms with Crippen molar-refractivity contribution in [3.8, 4) is 11.3 Å². The Morgan fingerprint density at radius 3 is 2.89 bits per heavy atom. The fraction of sp³-hybridized carbons (Fsp3) is 0.312. The Labute approximate surface area is 107 Å². The number of aryl methyl sites for hydroxylation is 1. The molecule has 0 spiro atoms. The van der Waals surface area contributed by atoms with Crippen molar-refractivity contribution in [2.45, 2.75) is 32.7 Å². The van der Waals surface area contributed by atoms with Crippen LogP contribution in [0.2, 0.25) is 0 Å². The van der Waals surface area contributed by atoms with E-state index in [1.165, 1.54) is 30.7 Å². The second kappa shape index (κ2) is 4.45. The zero-order valence-electron chi connectivity index (χ0n) is 10.6. The molecule has 1 aromatic carbocycles. The van der Waals surface area contributed by atoms with E-state index >= 15 is 0 Å². The summed E-state index contributed by atoms with van der Waals surface area (Å²) in [6, 6.07) is 12.3.